The van der Waals surface area contributed by atoms with Crippen molar-refractivity contribution >= 4 is 49.1 Å². The predicted octanol–water partition coefficient (Wildman–Crippen LogP) is 3.15. The van der Waals surface area contributed by atoms with Crippen LogP contribution in [0.2, 0.25) is 0 Å². The summed E-state index contributed by atoms with van der Waals surface area (Å²) in [5.74, 6) is -0.0810. The van der Waals surface area contributed by atoms with E-state index in [2.05, 4.69) is 43.8 Å². The summed E-state index contributed by atoms with van der Waals surface area (Å²) >= 11 is 7.86. The first kappa shape index (κ1) is 10.9. The van der Waals surface area contributed by atoms with Gasteiger partial charge in [0.1, 0.15) is 4.88 Å². The molecule has 0 spiro atoms. The van der Waals surface area contributed by atoms with Crippen LogP contribution in [0.15, 0.2) is 27.0 Å². The molecule has 1 aromatic rings. The lowest BCUT2D eigenvalue weighted by molar-refractivity contribution is 0.0961. The Labute approximate surface area is 97.3 Å². The van der Waals surface area contributed by atoms with Crippen LogP contribution < -0.4 is 5.32 Å². The van der Waals surface area contributed by atoms with Gasteiger partial charge in [-0.15, -0.1) is 11.3 Å². The summed E-state index contributed by atoms with van der Waals surface area (Å²) in [5, 5.41) is 4.58. The van der Waals surface area contributed by atoms with Crippen LogP contribution in [0.5, 0.6) is 0 Å². The van der Waals surface area contributed by atoms with Crippen molar-refractivity contribution in [3.63, 3.8) is 0 Å². The number of halogens is 2. The summed E-state index contributed by atoms with van der Waals surface area (Å²) in [4.78, 5) is 12.1. The van der Waals surface area contributed by atoms with Crippen molar-refractivity contribution < 1.29 is 4.79 Å². The normalized spacial score (nSPS) is 9.69. The molecule has 0 fully saturated rings. The Kier molecular flexibility index (Phi) is 4.15. The lowest BCUT2D eigenvalue weighted by atomic mass is 10.4. The fourth-order valence-corrected chi connectivity index (χ4v) is 2.32. The molecule has 1 heterocycles. The SMILES string of the molecule is C=C(Br)CNC(=O)c1sccc1Br. The van der Waals surface area contributed by atoms with E-state index < -0.39 is 0 Å². The van der Waals surface area contributed by atoms with Crippen molar-refractivity contribution in [1.29, 1.82) is 0 Å². The van der Waals surface area contributed by atoms with E-state index in [9.17, 15) is 4.79 Å². The lowest BCUT2D eigenvalue weighted by Crippen LogP contribution is -2.23. The summed E-state index contributed by atoms with van der Waals surface area (Å²) < 4.78 is 1.59. The molecule has 1 rings (SSSR count). The molecule has 5 heteroatoms. The molecule has 0 bridgehead atoms. The molecular weight excluding hydrogens is 318 g/mol. The van der Waals surface area contributed by atoms with Gasteiger partial charge in [0.05, 0.1) is 0 Å². The lowest BCUT2D eigenvalue weighted by Gasteiger charge is -2.01. The average molecular weight is 325 g/mol. The van der Waals surface area contributed by atoms with Crippen molar-refractivity contribution in [2.75, 3.05) is 6.54 Å². The quantitative estimate of drug-likeness (QED) is 0.909. The van der Waals surface area contributed by atoms with Crippen LogP contribution in [0.25, 0.3) is 0 Å². The molecule has 1 aromatic heterocycles. The highest BCUT2D eigenvalue weighted by Gasteiger charge is 2.10. The summed E-state index contributed by atoms with van der Waals surface area (Å²) in [6.45, 7) is 4.07. The summed E-state index contributed by atoms with van der Waals surface area (Å²) in [5.41, 5.74) is 0. The zero-order chi connectivity index (χ0) is 9.84. The topological polar surface area (TPSA) is 29.1 Å². The number of carbonyl (C=O) groups excluding carboxylic acids is 1. The predicted molar refractivity (Wildman–Crippen MR) is 62.4 cm³/mol. The number of amides is 1. The highest BCUT2D eigenvalue weighted by Crippen LogP contribution is 2.22. The Balaban J connectivity index is 2.59. The van der Waals surface area contributed by atoms with Crippen molar-refractivity contribution in [3.8, 4) is 0 Å². The Morgan fingerprint density at radius 1 is 1.69 bits per heavy atom. The molecule has 0 aliphatic rings. The van der Waals surface area contributed by atoms with Gasteiger partial charge in [0.25, 0.3) is 5.91 Å². The minimum atomic E-state index is -0.0810. The van der Waals surface area contributed by atoms with E-state index in [0.29, 0.717) is 11.4 Å². The highest BCUT2D eigenvalue weighted by molar-refractivity contribution is 9.11. The number of rotatable bonds is 3. The molecule has 0 saturated carbocycles. The Bertz CT molecular complexity index is 335. The molecule has 0 radical (unpaired) electrons. The van der Waals surface area contributed by atoms with Crippen molar-refractivity contribution in [1.82, 2.24) is 5.32 Å². The molecule has 0 aliphatic carbocycles. The largest absolute Gasteiger partial charge is 0.347 e. The van der Waals surface area contributed by atoms with Crippen LogP contribution in [0, 0.1) is 0 Å². The fourth-order valence-electron chi connectivity index (χ4n) is 0.712. The molecule has 70 valence electrons. The second-order valence-corrected chi connectivity index (χ2v) is 5.19. The van der Waals surface area contributed by atoms with Gasteiger partial charge >= 0.3 is 0 Å². The van der Waals surface area contributed by atoms with E-state index in [1.54, 1.807) is 0 Å². The van der Waals surface area contributed by atoms with E-state index in [1.807, 2.05) is 11.4 Å². The van der Waals surface area contributed by atoms with E-state index in [-0.39, 0.29) is 5.91 Å². The Hall–Kier alpha value is -0.130. The molecule has 1 amide bonds. The number of hydrogen-bond acceptors (Lipinski definition) is 2. The maximum atomic E-state index is 11.4. The monoisotopic (exact) mass is 323 g/mol. The molecule has 0 aliphatic heterocycles. The Morgan fingerprint density at radius 3 is 2.85 bits per heavy atom. The first-order valence-corrected chi connectivity index (χ1v) is 5.92. The van der Waals surface area contributed by atoms with Crippen LogP contribution in [0.4, 0.5) is 0 Å². The highest BCUT2D eigenvalue weighted by atomic mass is 79.9. The van der Waals surface area contributed by atoms with E-state index in [1.165, 1.54) is 11.3 Å². The van der Waals surface area contributed by atoms with Gasteiger partial charge in [0.2, 0.25) is 0 Å². The summed E-state index contributed by atoms with van der Waals surface area (Å²) in [7, 11) is 0. The van der Waals surface area contributed by atoms with Gasteiger partial charge in [-0.1, -0.05) is 22.5 Å². The Morgan fingerprint density at radius 2 is 2.38 bits per heavy atom. The number of nitrogens with one attached hydrogen (secondary N) is 1. The van der Waals surface area contributed by atoms with Crippen LogP contribution in [-0.4, -0.2) is 12.5 Å². The zero-order valence-corrected chi connectivity index (χ0v) is 10.6. The number of thiophene rings is 1. The van der Waals surface area contributed by atoms with Gasteiger partial charge < -0.3 is 5.32 Å². The molecular formula is C8H7Br2NOS. The molecule has 0 aromatic carbocycles. The van der Waals surface area contributed by atoms with Gasteiger partial charge in [-0.3, -0.25) is 4.79 Å². The molecule has 0 unspecified atom stereocenters. The van der Waals surface area contributed by atoms with Gasteiger partial charge in [-0.05, 0) is 27.4 Å². The average Bonchev–Trinajstić information content (AvgIpc) is 2.47. The summed E-state index contributed by atoms with van der Waals surface area (Å²) in [6, 6.07) is 1.85. The van der Waals surface area contributed by atoms with Crippen LogP contribution in [0.3, 0.4) is 0 Å². The fraction of sp³-hybridized carbons (Fsp3) is 0.125. The van der Waals surface area contributed by atoms with Crippen LogP contribution in [0.1, 0.15) is 9.67 Å². The van der Waals surface area contributed by atoms with Gasteiger partial charge in [0.15, 0.2) is 0 Å². The van der Waals surface area contributed by atoms with Gasteiger partial charge in [-0.2, -0.15) is 0 Å². The third-order valence-electron chi connectivity index (χ3n) is 1.26. The second kappa shape index (κ2) is 4.93. The first-order chi connectivity index (χ1) is 6.11. The molecule has 0 saturated heterocycles. The minimum absolute atomic E-state index is 0.0810. The minimum Gasteiger partial charge on any atom is -0.347 e. The standard InChI is InChI=1S/C8H7Br2NOS/c1-5(9)4-11-8(12)7-6(10)2-3-13-7/h2-3H,1,4H2,(H,11,12). The van der Waals surface area contributed by atoms with Gasteiger partial charge in [0, 0.05) is 15.5 Å². The number of carbonyl (C=O) groups is 1. The molecule has 1 N–H and O–H groups in total. The third-order valence-corrected chi connectivity index (χ3v) is 3.38. The molecule has 0 atom stereocenters. The van der Waals surface area contributed by atoms with Crippen molar-refractivity contribution in [2.24, 2.45) is 0 Å². The maximum absolute atomic E-state index is 11.4. The second-order valence-electron chi connectivity index (χ2n) is 2.30. The van der Waals surface area contributed by atoms with Crippen molar-refractivity contribution in [3.05, 3.63) is 31.9 Å². The molecule has 2 nitrogen and oxygen atoms in total. The van der Waals surface area contributed by atoms with Crippen LogP contribution in [-0.2, 0) is 0 Å². The van der Waals surface area contributed by atoms with Crippen LogP contribution >= 0.6 is 43.2 Å². The maximum Gasteiger partial charge on any atom is 0.262 e. The third kappa shape index (κ3) is 3.25. The number of hydrogen-bond donors (Lipinski definition) is 1. The van der Waals surface area contributed by atoms with E-state index in [4.69, 9.17) is 0 Å². The van der Waals surface area contributed by atoms with Crippen molar-refractivity contribution in [2.45, 2.75) is 0 Å². The first-order valence-electron chi connectivity index (χ1n) is 3.45. The molecule has 13 heavy (non-hydrogen) atoms. The zero-order valence-electron chi connectivity index (χ0n) is 6.64. The van der Waals surface area contributed by atoms with E-state index >= 15 is 0 Å². The van der Waals surface area contributed by atoms with Gasteiger partial charge in [-0.25, -0.2) is 0 Å². The van der Waals surface area contributed by atoms with E-state index in [0.717, 1.165) is 8.96 Å². The smallest absolute Gasteiger partial charge is 0.262 e. The summed E-state index contributed by atoms with van der Waals surface area (Å²) in [6.07, 6.45) is 0.